The van der Waals surface area contributed by atoms with Crippen molar-refractivity contribution in [2.75, 3.05) is 16.8 Å². The first kappa shape index (κ1) is 26.4. The second-order valence-corrected chi connectivity index (χ2v) is 9.21. The molecule has 1 aromatic heterocycles. The molecule has 0 spiro atoms. The number of amides is 1. The van der Waals surface area contributed by atoms with Crippen molar-refractivity contribution in [1.82, 2.24) is 9.55 Å². The molecule has 0 aliphatic carbocycles. The van der Waals surface area contributed by atoms with Gasteiger partial charge in [-0.15, -0.1) is 0 Å². The number of aryl methyl sites for hydroxylation is 3. The van der Waals surface area contributed by atoms with Gasteiger partial charge in [-0.25, -0.2) is 4.98 Å². The number of nitrogens with two attached hydrogens (primary N) is 1. The van der Waals surface area contributed by atoms with Crippen molar-refractivity contribution in [2.24, 2.45) is 5.73 Å². The molecule has 4 aromatic rings. The van der Waals surface area contributed by atoms with Crippen LogP contribution in [0.5, 0.6) is 0 Å². The van der Waals surface area contributed by atoms with Crippen molar-refractivity contribution in [1.29, 1.82) is 5.41 Å². The molecular weight excluding hydrogens is 480 g/mol. The van der Waals surface area contributed by atoms with Gasteiger partial charge in [-0.05, 0) is 74.9 Å². The highest BCUT2D eigenvalue weighted by Gasteiger charge is 2.22. The number of nitrogens with one attached hydrogen (secondary N) is 2. The maximum absolute atomic E-state index is 13.6. The van der Waals surface area contributed by atoms with Crippen LogP contribution in [0.25, 0.3) is 11.0 Å². The number of nitrogens with zero attached hydrogens (tertiary/aromatic N) is 3. The van der Waals surface area contributed by atoms with Crippen molar-refractivity contribution >= 4 is 40.1 Å². The van der Waals surface area contributed by atoms with Crippen LogP contribution in [0, 0.1) is 19.3 Å². The molecule has 0 aliphatic rings. The molecule has 38 heavy (non-hydrogen) atoms. The lowest BCUT2D eigenvalue weighted by Gasteiger charge is -2.24. The summed E-state index contributed by atoms with van der Waals surface area (Å²) in [4.78, 5) is 31.3. The third-order valence-electron chi connectivity index (χ3n) is 6.47. The predicted octanol–water partition coefficient (Wildman–Crippen LogP) is 4.69. The summed E-state index contributed by atoms with van der Waals surface area (Å²) in [6.07, 6.45) is -0.158. The number of fused-ring (bicyclic) bond motifs is 1. The molecule has 3 aromatic carbocycles. The van der Waals surface area contributed by atoms with Crippen LogP contribution in [0.2, 0.25) is 0 Å². The van der Waals surface area contributed by atoms with E-state index in [1.165, 1.54) is 4.90 Å². The van der Waals surface area contributed by atoms with E-state index in [-0.39, 0.29) is 24.7 Å². The SMILES string of the molecule is CCn1c(CNc2ccc(C(=N)N)cc2)nc2cc(C(=O)N(CCC(=O)O)c3ccc(C)cc3C)ccc21. The number of anilines is 2. The van der Waals surface area contributed by atoms with Gasteiger partial charge in [-0.1, -0.05) is 17.7 Å². The van der Waals surface area contributed by atoms with E-state index in [9.17, 15) is 14.7 Å². The molecular formula is C29H32N6O3. The Balaban J connectivity index is 1.62. The van der Waals surface area contributed by atoms with E-state index >= 15 is 0 Å². The second-order valence-electron chi connectivity index (χ2n) is 9.21. The highest BCUT2D eigenvalue weighted by molar-refractivity contribution is 6.08. The van der Waals surface area contributed by atoms with Crippen molar-refractivity contribution in [2.45, 2.75) is 40.3 Å². The standard InChI is InChI=1S/C29H32N6O3/c1-4-34-25-12-8-21(29(38)35(14-13-27(36)37)24-11-5-18(2)15-19(24)3)16-23(25)33-26(34)17-32-22-9-6-20(7-10-22)28(30)31/h5-12,15-16,32H,4,13-14,17H2,1-3H3,(H3,30,31)(H,36,37). The van der Waals surface area contributed by atoms with Gasteiger partial charge in [-0.2, -0.15) is 0 Å². The Morgan fingerprint density at radius 2 is 1.76 bits per heavy atom. The molecule has 0 bridgehead atoms. The van der Waals surface area contributed by atoms with Crippen molar-refractivity contribution in [3.63, 3.8) is 0 Å². The number of hydrogen-bond acceptors (Lipinski definition) is 5. The Bertz CT molecular complexity index is 1510. The fourth-order valence-electron chi connectivity index (χ4n) is 4.55. The summed E-state index contributed by atoms with van der Waals surface area (Å²) in [6.45, 7) is 7.18. The Morgan fingerprint density at radius 3 is 2.39 bits per heavy atom. The maximum Gasteiger partial charge on any atom is 0.305 e. The van der Waals surface area contributed by atoms with Crippen LogP contribution in [-0.4, -0.2) is 38.9 Å². The second kappa shape index (κ2) is 11.2. The first-order valence-electron chi connectivity index (χ1n) is 12.5. The summed E-state index contributed by atoms with van der Waals surface area (Å²) in [5, 5.41) is 20.2. The number of benzene rings is 3. The van der Waals surface area contributed by atoms with Crippen LogP contribution in [0.1, 0.15) is 46.2 Å². The van der Waals surface area contributed by atoms with E-state index in [4.69, 9.17) is 16.1 Å². The number of carboxylic acids is 1. The van der Waals surface area contributed by atoms with Crippen LogP contribution in [0.15, 0.2) is 60.7 Å². The van der Waals surface area contributed by atoms with Gasteiger partial charge in [0.1, 0.15) is 11.7 Å². The van der Waals surface area contributed by atoms with Crippen LogP contribution >= 0.6 is 0 Å². The molecule has 5 N–H and O–H groups in total. The fraction of sp³-hybridized carbons (Fsp3) is 0.241. The monoisotopic (exact) mass is 512 g/mol. The lowest BCUT2D eigenvalue weighted by Crippen LogP contribution is -2.33. The Hall–Kier alpha value is -4.66. The van der Waals surface area contributed by atoms with Gasteiger partial charge < -0.3 is 25.6 Å². The van der Waals surface area contributed by atoms with E-state index in [0.717, 1.165) is 28.2 Å². The van der Waals surface area contributed by atoms with Crippen LogP contribution < -0.4 is 16.0 Å². The summed E-state index contributed by atoms with van der Waals surface area (Å²) in [5.41, 5.74) is 11.8. The molecule has 9 heteroatoms. The molecule has 0 atom stereocenters. The first-order chi connectivity index (χ1) is 18.2. The number of carbonyl (C=O) groups is 2. The van der Waals surface area contributed by atoms with E-state index in [1.54, 1.807) is 24.3 Å². The van der Waals surface area contributed by atoms with Crippen molar-refractivity contribution < 1.29 is 14.7 Å². The summed E-state index contributed by atoms with van der Waals surface area (Å²) < 4.78 is 2.09. The lowest BCUT2D eigenvalue weighted by molar-refractivity contribution is -0.136. The van der Waals surface area contributed by atoms with Crippen LogP contribution in [0.3, 0.4) is 0 Å². The molecule has 0 radical (unpaired) electrons. The smallest absolute Gasteiger partial charge is 0.305 e. The average molecular weight is 513 g/mol. The molecule has 0 saturated carbocycles. The zero-order chi connectivity index (χ0) is 27.4. The lowest BCUT2D eigenvalue weighted by atomic mass is 10.1. The summed E-state index contributed by atoms with van der Waals surface area (Å²) in [7, 11) is 0. The number of hydrogen-bond donors (Lipinski definition) is 4. The largest absolute Gasteiger partial charge is 0.481 e. The number of aliphatic carboxylic acids is 1. The van der Waals surface area contributed by atoms with E-state index < -0.39 is 5.97 Å². The number of nitrogen functional groups attached to an aromatic ring is 1. The number of carbonyl (C=O) groups excluding carboxylic acids is 1. The van der Waals surface area contributed by atoms with Crippen molar-refractivity contribution in [3.8, 4) is 0 Å². The van der Waals surface area contributed by atoms with Gasteiger partial charge in [0.05, 0.1) is 24.0 Å². The number of rotatable bonds is 10. The minimum absolute atomic E-state index is 0.0220. The van der Waals surface area contributed by atoms with E-state index in [1.807, 2.05) is 57.2 Å². The van der Waals surface area contributed by atoms with E-state index in [2.05, 4.69) is 9.88 Å². The van der Waals surface area contributed by atoms with Crippen molar-refractivity contribution in [3.05, 3.63) is 88.7 Å². The van der Waals surface area contributed by atoms with E-state index in [0.29, 0.717) is 35.4 Å². The molecule has 0 saturated heterocycles. The number of aromatic nitrogens is 2. The highest BCUT2D eigenvalue weighted by Crippen LogP contribution is 2.26. The molecule has 0 fully saturated rings. The molecule has 1 amide bonds. The fourth-order valence-corrected chi connectivity index (χ4v) is 4.55. The zero-order valence-corrected chi connectivity index (χ0v) is 21.8. The summed E-state index contributed by atoms with van der Waals surface area (Å²) >= 11 is 0. The minimum atomic E-state index is -0.960. The summed E-state index contributed by atoms with van der Waals surface area (Å²) in [6, 6.07) is 18.5. The molecule has 1 heterocycles. The molecule has 0 aliphatic heterocycles. The average Bonchev–Trinajstić information content (AvgIpc) is 3.25. The minimum Gasteiger partial charge on any atom is -0.481 e. The third kappa shape index (κ3) is 5.67. The van der Waals surface area contributed by atoms with Gasteiger partial charge in [0.15, 0.2) is 0 Å². The first-order valence-corrected chi connectivity index (χ1v) is 12.5. The van der Waals surface area contributed by atoms with Gasteiger partial charge >= 0.3 is 5.97 Å². The van der Waals surface area contributed by atoms with Gasteiger partial charge in [0, 0.05) is 35.6 Å². The van der Waals surface area contributed by atoms with Gasteiger partial charge in [0.25, 0.3) is 5.91 Å². The maximum atomic E-state index is 13.6. The molecule has 0 unspecified atom stereocenters. The Labute approximate surface area is 221 Å². The molecule has 9 nitrogen and oxygen atoms in total. The highest BCUT2D eigenvalue weighted by atomic mass is 16.4. The quantitative estimate of drug-likeness (QED) is 0.180. The Morgan fingerprint density at radius 1 is 1.05 bits per heavy atom. The topological polar surface area (TPSA) is 137 Å². The number of amidine groups is 1. The number of imidazole rings is 1. The van der Waals surface area contributed by atoms with Crippen LogP contribution in [0.4, 0.5) is 11.4 Å². The molecule has 196 valence electrons. The Kier molecular flexibility index (Phi) is 7.76. The summed E-state index contributed by atoms with van der Waals surface area (Å²) in [5.74, 6) is -0.386. The normalized spacial score (nSPS) is 10.9. The predicted molar refractivity (Wildman–Crippen MR) is 150 cm³/mol. The van der Waals surface area contributed by atoms with Gasteiger partial charge in [-0.3, -0.25) is 15.0 Å². The van der Waals surface area contributed by atoms with Crippen LogP contribution in [-0.2, 0) is 17.9 Å². The van der Waals surface area contributed by atoms with Gasteiger partial charge in [0.2, 0.25) is 0 Å². The molecule has 4 rings (SSSR count). The third-order valence-corrected chi connectivity index (χ3v) is 6.47. The zero-order valence-electron chi connectivity index (χ0n) is 21.8. The number of carboxylic acid groups (broad SMARTS) is 1.